The highest BCUT2D eigenvalue weighted by atomic mass is 32.1. The van der Waals surface area contributed by atoms with E-state index < -0.39 is 5.60 Å². The summed E-state index contributed by atoms with van der Waals surface area (Å²) in [6.45, 7) is 9.50. The SMILES string of the molecule is CC(C)(C)CC(=O)NC1C(c2cccs2)N(Cc2cccnc2)CCC1(C)O. The quantitative estimate of drug-likeness (QED) is 0.801. The van der Waals surface area contributed by atoms with Crippen LogP contribution >= 0.6 is 11.3 Å². The number of rotatable bonds is 5. The van der Waals surface area contributed by atoms with Crippen molar-refractivity contribution in [2.45, 2.75) is 64.8 Å². The predicted octanol–water partition coefficient (Wildman–Crippen LogP) is 3.76. The molecule has 0 aromatic carbocycles. The van der Waals surface area contributed by atoms with Gasteiger partial charge in [-0.1, -0.05) is 32.9 Å². The lowest BCUT2D eigenvalue weighted by Gasteiger charge is -2.49. The second-order valence-corrected chi connectivity index (χ2v) is 10.2. The molecule has 3 rings (SSSR count). The topological polar surface area (TPSA) is 65.5 Å². The van der Waals surface area contributed by atoms with E-state index in [0.717, 1.165) is 23.5 Å². The molecule has 0 aliphatic carbocycles. The van der Waals surface area contributed by atoms with E-state index in [2.05, 4.69) is 53.5 Å². The molecule has 2 N–H and O–H groups in total. The number of nitrogens with one attached hydrogen (secondary N) is 1. The van der Waals surface area contributed by atoms with Gasteiger partial charge in [0, 0.05) is 36.8 Å². The molecule has 1 amide bonds. The minimum Gasteiger partial charge on any atom is -0.388 e. The first kappa shape index (κ1) is 21.0. The summed E-state index contributed by atoms with van der Waals surface area (Å²) >= 11 is 1.67. The molecule has 0 radical (unpaired) electrons. The lowest BCUT2D eigenvalue weighted by Crippen LogP contribution is -2.62. The highest BCUT2D eigenvalue weighted by molar-refractivity contribution is 7.10. The van der Waals surface area contributed by atoms with Crippen LogP contribution in [-0.2, 0) is 11.3 Å². The van der Waals surface area contributed by atoms with E-state index in [4.69, 9.17) is 0 Å². The van der Waals surface area contributed by atoms with Gasteiger partial charge in [-0.15, -0.1) is 11.3 Å². The van der Waals surface area contributed by atoms with Crippen LogP contribution < -0.4 is 5.32 Å². The van der Waals surface area contributed by atoms with Gasteiger partial charge in [0.2, 0.25) is 5.91 Å². The number of carbonyl (C=O) groups is 1. The van der Waals surface area contributed by atoms with Gasteiger partial charge in [0.05, 0.1) is 17.7 Å². The molecule has 3 heterocycles. The molecular formula is C22H31N3O2S. The van der Waals surface area contributed by atoms with Gasteiger partial charge in [-0.25, -0.2) is 0 Å². The highest BCUT2D eigenvalue weighted by Crippen LogP contribution is 2.39. The maximum Gasteiger partial charge on any atom is 0.220 e. The minimum atomic E-state index is -0.965. The molecule has 2 aromatic rings. The molecule has 152 valence electrons. The van der Waals surface area contributed by atoms with Crippen LogP contribution in [0.25, 0.3) is 0 Å². The number of nitrogens with zero attached hydrogens (tertiary/aromatic N) is 2. The Morgan fingerprint density at radius 1 is 1.39 bits per heavy atom. The zero-order valence-corrected chi connectivity index (χ0v) is 18.0. The fourth-order valence-electron chi connectivity index (χ4n) is 3.86. The summed E-state index contributed by atoms with van der Waals surface area (Å²) in [7, 11) is 0. The van der Waals surface area contributed by atoms with Gasteiger partial charge in [-0.05, 0) is 41.8 Å². The molecule has 6 heteroatoms. The van der Waals surface area contributed by atoms with Crippen LogP contribution in [0.2, 0.25) is 0 Å². The van der Waals surface area contributed by atoms with E-state index in [1.165, 1.54) is 0 Å². The van der Waals surface area contributed by atoms with Crippen LogP contribution in [0.4, 0.5) is 0 Å². The molecule has 28 heavy (non-hydrogen) atoms. The predicted molar refractivity (Wildman–Crippen MR) is 113 cm³/mol. The van der Waals surface area contributed by atoms with Gasteiger partial charge in [0.1, 0.15) is 0 Å². The van der Waals surface area contributed by atoms with Crippen molar-refractivity contribution in [3.05, 3.63) is 52.5 Å². The van der Waals surface area contributed by atoms with Crippen LogP contribution in [0.15, 0.2) is 42.0 Å². The molecule has 5 nitrogen and oxygen atoms in total. The van der Waals surface area contributed by atoms with E-state index in [9.17, 15) is 9.90 Å². The summed E-state index contributed by atoms with van der Waals surface area (Å²) in [5.41, 5.74) is 0.0665. The highest BCUT2D eigenvalue weighted by Gasteiger charge is 2.46. The number of carbonyl (C=O) groups excluding carboxylic acids is 1. The van der Waals surface area contributed by atoms with Crippen molar-refractivity contribution in [3.63, 3.8) is 0 Å². The molecule has 1 saturated heterocycles. The largest absolute Gasteiger partial charge is 0.388 e. The van der Waals surface area contributed by atoms with Crippen LogP contribution in [-0.4, -0.2) is 39.1 Å². The third-order valence-electron chi connectivity index (χ3n) is 5.23. The van der Waals surface area contributed by atoms with Gasteiger partial charge < -0.3 is 10.4 Å². The van der Waals surface area contributed by atoms with Crippen molar-refractivity contribution in [2.24, 2.45) is 5.41 Å². The molecule has 3 atom stereocenters. The third-order valence-corrected chi connectivity index (χ3v) is 6.18. The first-order chi connectivity index (χ1) is 13.2. The third kappa shape index (κ3) is 5.19. The summed E-state index contributed by atoms with van der Waals surface area (Å²) < 4.78 is 0. The Hall–Kier alpha value is -1.76. The number of pyridine rings is 1. The van der Waals surface area contributed by atoms with Crippen molar-refractivity contribution >= 4 is 17.2 Å². The number of hydrogen-bond donors (Lipinski definition) is 2. The maximum absolute atomic E-state index is 12.7. The lowest BCUT2D eigenvalue weighted by atomic mass is 9.81. The molecule has 3 unspecified atom stereocenters. The van der Waals surface area contributed by atoms with Crippen LogP contribution in [0.5, 0.6) is 0 Å². The Kier molecular flexibility index (Phi) is 6.22. The molecule has 1 aliphatic heterocycles. The number of likely N-dealkylation sites (tertiary alicyclic amines) is 1. The Morgan fingerprint density at radius 3 is 2.79 bits per heavy atom. The van der Waals surface area contributed by atoms with Crippen molar-refractivity contribution in [3.8, 4) is 0 Å². The van der Waals surface area contributed by atoms with Crippen LogP contribution in [0.3, 0.4) is 0 Å². The Labute approximate surface area is 171 Å². The molecular weight excluding hydrogens is 370 g/mol. The second kappa shape index (κ2) is 8.31. The number of aliphatic hydroxyl groups is 1. The molecule has 1 aliphatic rings. The van der Waals surface area contributed by atoms with E-state index in [1.54, 1.807) is 17.5 Å². The number of hydrogen-bond acceptors (Lipinski definition) is 5. The molecule has 0 spiro atoms. The Balaban J connectivity index is 1.89. The average molecular weight is 402 g/mol. The number of amides is 1. The summed E-state index contributed by atoms with van der Waals surface area (Å²) in [6.07, 6.45) is 4.69. The van der Waals surface area contributed by atoms with Crippen LogP contribution in [0.1, 0.15) is 57.0 Å². The standard InChI is InChI=1S/C22H31N3O2S/c1-21(2,3)13-18(26)24-20-19(17-8-6-12-28-17)25(11-9-22(20,4)27)15-16-7-5-10-23-14-16/h5-8,10,12,14,19-20,27H,9,11,13,15H2,1-4H3,(H,24,26). The van der Waals surface area contributed by atoms with Crippen molar-refractivity contribution < 1.29 is 9.90 Å². The van der Waals surface area contributed by atoms with E-state index >= 15 is 0 Å². The smallest absolute Gasteiger partial charge is 0.220 e. The normalized spacial score (nSPS) is 26.2. The van der Waals surface area contributed by atoms with E-state index in [0.29, 0.717) is 12.8 Å². The second-order valence-electron chi connectivity index (χ2n) is 9.18. The van der Waals surface area contributed by atoms with Gasteiger partial charge in [-0.3, -0.25) is 14.7 Å². The number of thiophene rings is 1. The molecule has 0 bridgehead atoms. The first-order valence-electron chi connectivity index (χ1n) is 9.84. The summed E-state index contributed by atoms with van der Waals surface area (Å²) in [5, 5.41) is 16.4. The zero-order valence-electron chi connectivity index (χ0n) is 17.2. The zero-order chi connectivity index (χ0) is 20.4. The Morgan fingerprint density at radius 2 is 2.18 bits per heavy atom. The van der Waals surface area contributed by atoms with Crippen LogP contribution in [0, 0.1) is 5.41 Å². The van der Waals surface area contributed by atoms with Gasteiger partial charge in [-0.2, -0.15) is 0 Å². The van der Waals surface area contributed by atoms with Gasteiger partial charge >= 0.3 is 0 Å². The fourth-order valence-corrected chi connectivity index (χ4v) is 4.76. The number of piperidine rings is 1. The Bertz CT molecular complexity index is 769. The summed E-state index contributed by atoms with van der Waals surface area (Å²) in [4.78, 5) is 20.5. The molecule has 1 fully saturated rings. The number of aromatic nitrogens is 1. The lowest BCUT2D eigenvalue weighted by molar-refractivity contribution is -0.130. The monoisotopic (exact) mass is 401 g/mol. The fraction of sp³-hybridized carbons (Fsp3) is 0.545. The van der Waals surface area contributed by atoms with E-state index in [1.807, 2.05) is 25.3 Å². The maximum atomic E-state index is 12.7. The van der Waals surface area contributed by atoms with Crippen molar-refractivity contribution in [2.75, 3.05) is 6.54 Å². The van der Waals surface area contributed by atoms with Gasteiger partial charge in [0.25, 0.3) is 0 Å². The van der Waals surface area contributed by atoms with Crippen molar-refractivity contribution in [1.29, 1.82) is 0 Å². The summed E-state index contributed by atoms with van der Waals surface area (Å²) in [6, 6.07) is 7.69. The van der Waals surface area contributed by atoms with Crippen molar-refractivity contribution in [1.82, 2.24) is 15.2 Å². The van der Waals surface area contributed by atoms with Gasteiger partial charge in [0.15, 0.2) is 0 Å². The first-order valence-corrected chi connectivity index (χ1v) is 10.7. The van der Waals surface area contributed by atoms with E-state index in [-0.39, 0.29) is 23.4 Å². The molecule has 0 saturated carbocycles. The summed E-state index contributed by atoms with van der Waals surface area (Å²) in [5.74, 6) is -0.0115. The minimum absolute atomic E-state index is 0.0115. The molecule has 2 aromatic heterocycles. The average Bonchev–Trinajstić information content (AvgIpc) is 3.11.